The first-order valence-corrected chi connectivity index (χ1v) is 9.23. The molecule has 1 aliphatic rings. The average Bonchev–Trinajstić information content (AvgIpc) is 2.69. The molecule has 0 bridgehead atoms. The number of nitrogens with zero attached hydrogens (tertiary/aromatic N) is 2. The number of nitrogens with one attached hydrogen (secondary N) is 1. The number of rotatable bonds is 6. The lowest BCUT2D eigenvalue weighted by atomic mass is 10.1. The molecule has 0 unspecified atom stereocenters. The van der Waals surface area contributed by atoms with Gasteiger partial charge < -0.3 is 15.3 Å². The third-order valence-electron chi connectivity index (χ3n) is 4.80. The van der Waals surface area contributed by atoms with Crippen molar-refractivity contribution in [3.63, 3.8) is 0 Å². The van der Waals surface area contributed by atoms with Crippen molar-refractivity contribution in [2.75, 3.05) is 32.7 Å². The van der Waals surface area contributed by atoms with E-state index in [1.54, 1.807) is 24.3 Å². The zero-order chi connectivity index (χ0) is 19.1. The van der Waals surface area contributed by atoms with Crippen LogP contribution in [0.5, 0.6) is 0 Å². The third-order valence-corrected chi connectivity index (χ3v) is 4.80. The van der Waals surface area contributed by atoms with E-state index in [-0.39, 0.29) is 11.6 Å². The first-order valence-electron chi connectivity index (χ1n) is 9.23. The van der Waals surface area contributed by atoms with Gasteiger partial charge in [0.25, 0.3) is 0 Å². The van der Waals surface area contributed by atoms with E-state index in [2.05, 4.69) is 22.3 Å². The lowest BCUT2D eigenvalue weighted by Crippen LogP contribution is -2.51. The number of carbonyl (C=O) groups is 2. The van der Waals surface area contributed by atoms with Gasteiger partial charge in [0.1, 0.15) is 0 Å². The number of aromatic carboxylic acids is 1. The van der Waals surface area contributed by atoms with Crippen LogP contribution < -0.4 is 5.32 Å². The van der Waals surface area contributed by atoms with Crippen molar-refractivity contribution in [1.82, 2.24) is 15.1 Å². The highest BCUT2D eigenvalue weighted by atomic mass is 16.4. The summed E-state index contributed by atoms with van der Waals surface area (Å²) in [4.78, 5) is 27.4. The van der Waals surface area contributed by atoms with E-state index in [4.69, 9.17) is 5.11 Å². The topological polar surface area (TPSA) is 72.9 Å². The number of urea groups is 1. The van der Waals surface area contributed by atoms with Gasteiger partial charge in [-0.1, -0.05) is 42.5 Å². The van der Waals surface area contributed by atoms with Crippen LogP contribution in [0, 0.1) is 0 Å². The van der Waals surface area contributed by atoms with Crippen molar-refractivity contribution < 1.29 is 14.7 Å². The standard InChI is InChI=1S/C21H25N3O3/c25-20(26)19-8-6-17(7-9-19)10-11-22-21(27)24-14-12-23(13-15-24)16-18-4-2-1-3-5-18/h1-9H,10-16H2,(H,22,27)(H,25,26). The van der Waals surface area contributed by atoms with E-state index in [9.17, 15) is 9.59 Å². The van der Waals surface area contributed by atoms with Gasteiger partial charge in [-0.25, -0.2) is 9.59 Å². The molecule has 0 aliphatic carbocycles. The van der Waals surface area contributed by atoms with Crippen molar-refractivity contribution in [3.05, 3.63) is 71.3 Å². The Balaban J connectivity index is 1.37. The second-order valence-corrected chi connectivity index (χ2v) is 6.73. The first kappa shape index (κ1) is 18.9. The van der Waals surface area contributed by atoms with Gasteiger partial charge in [-0.2, -0.15) is 0 Å². The molecule has 2 aromatic rings. The van der Waals surface area contributed by atoms with E-state index in [1.165, 1.54) is 5.56 Å². The Bertz CT molecular complexity index is 754. The number of hydrogen-bond donors (Lipinski definition) is 2. The Morgan fingerprint density at radius 2 is 1.56 bits per heavy atom. The fourth-order valence-corrected chi connectivity index (χ4v) is 3.19. The number of piperazine rings is 1. The lowest BCUT2D eigenvalue weighted by Gasteiger charge is -2.34. The Labute approximate surface area is 159 Å². The molecular formula is C21H25N3O3. The summed E-state index contributed by atoms with van der Waals surface area (Å²) in [6.45, 7) is 4.66. The predicted octanol–water partition coefficient (Wildman–Crippen LogP) is 2.45. The molecule has 0 atom stereocenters. The first-order chi connectivity index (χ1) is 13.1. The van der Waals surface area contributed by atoms with Crippen molar-refractivity contribution in [2.45, 2.75) is 13.0 Å². The maximum atomic E-state index is 12.3. The van der Waals surface area contributed by atoms with Crippen molar-refractivity contribution in [3.8, 4) is 0 Å². The fraction of sp³-hybridized carbons (Fsp3) is 0.333. The minimum Gasteiger partial charge on any atom is -0.478 e. The summed E-state index contributed by atoms with van der Waals surface area (Å²) in [5.41, 5.74) is 2.58. The molecule has 2 N–H and O–H groups in total. The molecule has 27 heavy (non-hydrogen) atoms. The maximum Gasteiger partial charge on any atom is 0.335 e. The highest BCUT2D eigenvalue weighted by Gasteiger charge is 2.20. The summed E-state index contributed by atoms with van der Waals surface area (Å²) in [6, 6.07) is 17.1. The van der Waals surface area contributed by atoms with Crippen LogP contribution in [-0.2, 0) is 13.0 Å². The number of hydrogen-bond acceptors (Lipinski definition) is 3. The Morgan fingerprint density at radius 1 is 0.889 bits per heavy atom. The van der Waals surface area contributed by atoms with E-state index in [0.717, 1.165) is 38.3 Å². The van der Waals surface area contributed by atoms with E-state index < -0.39 is 5.97 Å². The smallest absolute Gasteiger partial charge is 0.335 e. The SMILES string of the molecule is O=C(O)c1ccc(CCNC(=O)N2CCN(Cc3ccccc3)CC2)cc1. The molecule has 1 heterocycles. The molecule has 1 saturated heterocycles. The molecule has 0 radical (unpaired) electrons. The molecule has 2 aromatic carbocycles. The summed E-state index contributed by atoms with van der Waals surface area (Å²) >= 11 is 0. The lowest BCUT2D eigenvalue weighted by molar-refractivity contribution is 0.0697. The molecule has 1 aliphatic heterocycles. The average molecular weight is 367 g/mol. The molecule has 0 saturated carbocycles. The van der Waals surface area contributed by atoms with Gasteiger partial charge in [0.05, 0.1) is 5.56 Å². The van der Waals surface area contributed by atoms with E-state index in [0.29, 0.717) is 13.0 Å². The maximum absolute atomic E-state index is 12.3. The monoisotopic (exact) mass is 367 g/mol. The normalized spacial score (nSPS) is 14.7. The summed E-state index contributed by atoms with van der Waals surface area (Å²) in [7, 11) is 0. The second kappa shape index (κ2) is 9.19. The van der Waals surface area contributed by atoms with Crippen LogP contribution in [0.3, 0.4) is 0 Å². The van der Waals surface area contributed by atoms with Gasteiger partial charge in [-0.15, -0.1) is 0 Å². The number of carboxylic acid groups (broad SMARTS) is 1. The Morgan fingerprint density at radius 3 is 2.19 bits per heavy atom. The third kappa shape index (κ3) is 5.56. The molecule has 0 aromatic heterocycles. The van der Waals surface area contributed by atoms with Gasteiger partial charge in [0.2, 0.25) is 0 Å². The largest absolute Gasteiger partial charge is 0.478 e. The molecule has 6 heteroatoms. The van der Waals surface area contributed by atoms with Crippen LogP contribution in [0.25, 0.3) is 0 Å². The fourth-order valence-electron chi connectivity index (χ4n) is 3.19. The molecular weight excluding hydrogens is 342 g/mol. The molecule has 6 nitrogen and oxygen atoms in total. The van der Waals surface area contributed by atoms with Crippen molar-refractivity contribution >= 4 is 12.0 Å². The van der Waals surface area contributed by atoms with Gasteiger partial charge in [0, 0.05) is 39.3 Å². The summed E-state index contributed by atoms with van der Waals surface area (Å²) in [6.07, 6.45) is 0.680. The number of benzene rings is 2. The highest BCUT2D eigenvalue weighted by Crippen LogP contribution is 2.09. The molecule has 0 spiro atoms. The van der Waals surface area contributed by atoms with E-state index >= 15 is 0 Å². The van der Waals surface area contributed by atoms with Crippen LogP contribution >= 0.6 is 0 Å². The zero-order valence-corrected chi connectivity index (χ0v) is 15.3. The minimum absolute atomic E-state index is 0.0310. The van der Waals surface area contributed by atoms with Crippen LogP contribution in [-0.4, -0.2) is 59.6 Å². The minimum atomic E-state index is -0.929. The van der Waals surface area contributed by atoms with Gasteiger partial charge in [0.15, 0.2) is 0 Å². The van der Waals surface area contributed by atoms with Crippen LogP contribution in [0.4, 0.5) is 4.79 Å². The zero-order valence-electron chi connectivity index (χ0n) is 15.3. The molecule has 1 fully saturated rings. The second-order valence-electron chi connectivity index (χ2n) is 6.73. The Hall–Kier alpha value is -2.86. The number of amides is 2. The molecule has 142 valence electrons. The number of carboxylic acids is 1. The van der Waals surface area contributed by atoms with Crippen LogP contribution in [0.1, 0.15) is 21.5 Å². The highest BCUT2D eigenvalue weighted by molar-refractivity contribution is 5.87. The molecule has 2 amide bonds. The quantitative estimate of drug-likeness (QED) is 0.823. The van der Waals surface area contributed by atoms with Gasteiger partial charge in [-0.3, -0.25) is 4.90 Å². The summed E-state index contributed by atoms with van der Waals surface area (Å²) in [5, 5.41) is 11.9. The summed E-state index contributed by atoms with van der Waals surface area (Å²) < 4.78 is 0. The van der Waals surface area contributed by atoms with Gasteiger partial charge in [-0.05, 0) is 29.7 Å². The van der Waals surface area contributed by atoms with Crippen molar-refractivity contribution in [2.24, 2.45) is 0 Å². The Kier molecular flexibility index (Phi) is 6.44. The molecule has 3 rings (SSSR count). The predicted molar refractivity (Wildman–Crippen MR) is 104 cm³/mol. The van der Waals surface area contributed by atoms with Crippen LogP contribution in [0.2, 0.25) is 0 Å². The number of carbonyl (C=O) groups excluding carboxylic acids is 1. The van der Waals surface area contributed by atoms with Crippen molar-refractivity contribution in [1.29, 1.82) is 0 Å². The summed E-state index contributed by atoms with van der Waals surface area (Å²) in [5.74, 6) is -0.929. The van der Waals surface area contributed by atoms with E-state index in [1.807, 2.05) is 23.1 Å². The van der Waals surface area contributed by atoms with Gasteiger partial charge >= 0.3 is 12.0 Å². The van der Waals surface area contributed by atoms with Crippen LogP contribution in [0.15, 0.2) is 54.6 Å².